The van der Waals surface area contributed by atoms with Gasteiger partial charge in [-0.25, -0.2) is 0 Å². The number of tetrazole rings is 1. The Morgan fingerprint density at radius 1 is 1.31 bits per heavy atom. The van der Waals surface area contributed by atoms with Gasteiger partial charge in [0.15, 0.2) is 0 Å². The maximum Gasteiger partial charge on any atom is 0.220 e. The SMILES string of the molecule is Cc1cc2c(o1)CC(C)(C)CC2NC(=O)CCCn1nnc(-c2ccccc2)n1. The number of hydrogen-bond acceptors (Lipinski definition) is 5. The number of furan rings is 1. The number of aryl methyl sites for hydroxylation is 2. The minimum absolute atomic E-state index is 0.00729. The molecule has 29 heavy (non-hydrogen) atoms. The molecular weight excluding hydrogens is 366 g/mol. The Morgan fingerprint density at radius 2 is 2.10 bits per heavy atom. The highest BCUT2D eigenvalue weighted by Gasteiger charge is 2.35. The third-order valence-corrected chi connectivity index (χ3v) is 5.32. The van der Waals surface area contributed by atoms with Crippen LogP contribution < -0.4 is 5.32 Å². The average Bonchev–Trinajstić information content (AvgIpc) is 3.28. The van der Waals surface area contributed by atoms with E-state index in [0.717, 1.165) is 35.5 Å². The minimum atomic E-state index is 0.00729. The van der Waals surface area contributed by atoms with Crippen molar-refractivity contribution in [2.24, 2.45) is 5.41 Å². The number of nitrogens with one attached hydrogen (secondary N) is 1. The van der Waals surface area contributed by atoms with E-state index in [1.807, 2.05) is 37.3 Å². The van der Waals surface area contributed by atoms with E-state index in [2.05, 4.69) is 40.6 Å². The molecule has 1 N–H and O–H groups in total. The molecule has 4 rings (SSSR count). The Balaban J connectivity index is 1.31. The summed E-state index contributed by atoms with van der Waals surface area (Å²) in [4.78, 5) is 14.1. The van der Waals surface area contributed by atoms with E-state index < -0.39 is 0 Å². The largest absolute Gasteiger partial charge is 0.466 e. The highest BCUT2D eigenvalue weighted by molar-refractivity contribution is 5.76. The van der Waals surface area contributed by atoms with Crippen molar-refractivity contribution in [3.8, 4) is 11.4 Å². The van der Waals surface area contributed by atoms with E-state index in [1.165, 1.54) is 0 Å². The van der Waals surface area contributed by atoms with Gasteiger partial charge >= 0.3 is 0 Å². The van der Waals surface area contributed by atoms with Crippen molar-refractivity contribution in [1.82, 2.24) is 25.5 Å². The Hall–Kier alpha value is -2.96. The second-order valence-corrected chi connectivity index (χ2v) is 8.58. The summed E-state index contributed by atoms with van der Waals surface area (Å²) >= 11 is 0. The Labute approximate surface area is 170 Å². The average molecular weight is 393 g/mol. The van der Waals surface area contributed by atoms with Gasteiger partial charge in [0.05, 0.1) is 12.6 Å². The number of amides is 1. The lowest BCUT2D eigenvalue weighted by atomic mass is 9.74. The van der Waals surface area contributed by atoms with Crippen LogP contribution >= 0.6 is 0 Å². The van der Waals surface area contributed by atoms with Gasteiger partial charge in [-0.15, -0.1) is 10.2 Å². The molecule has 3 aromatic rings. The van der Waals surface area contributed by atoms with Crippen LogP contribution in [-0.4, -0.2) is 26.1 Å². The number of benzene rings is 1. The van der Waals surface area contributed by atoms with Crippen LogP contribution in [-0.2, 0) is 17.8 Å². The van der Waals surface area contributed by atoms with Gasteiger partial charge in [0.1, 0.15) is 11.5 Å². The molecule has 1 aromatic carbocycles. The molecule has 1 atom stereocenters. The smallest absolute Gasteiger partial charge is 0.220 e. The van der Waals surface area contributed by atoms with E-state index in [0.29, 0.717) is 25.2 Å². The molecule has 2 heterocycles. The van der Waals surface area contributed by atoms with E-state index in [9.17, 15) is 4.79 Å². The van der Waals surface area contributed by atoms with Crippen LogP contribution in [0, 0.1) is 12.3 Å². The quantitative estimate of drug-likeness (QED) is 0.687. The van der Waals surface area contributed by atoms with E-state index in [-0.39, 0.29) is 17.4 Å². The topological polar surface area (TPSA) is 85.8 Å². The molecule has 7 nitrogen and oxygen atoms in total. The zero-order valence-corrected chi connectivity index (χ0v) is 17.2. The molecule has 0 bridgehead atoms. The normalized spacial score (nSPS) is 17.7. The van der Waals surface area contributed by atoms with Gasteiger partial charge < -0.3 is 9.73 Å². The fraction of sp³-hybridized carbons (Fsp3) is 0.455. The molecule has 0 saturated heterocycles. The van der Waals surface area contributed by atoms with E-state index in [4.69, 9.17) is 4.42 Å². The van der Waals surface area contributed by atoms with Crippen molar-refractivity contribution in [1.29, 1.82) is 0 Å². The van der Waals surface area contributed by atoms with Crippen LogP contribution in [0.5, 0.6) is 0 Å². The van der Waals surface area contributed by atoms with Crippen molar-refractivity contribution in [3.05, 3.63) is 53.5 Å². The van der Waals surface area contributed by atoms with E-state index >= 15 is 0 Å². The van der Waals surface area contributed by atoms with Gasteiger partial charge in [0.25, 0.3) is 0 Å². The molecule has 0 saturated carbocycles. The number of nitrogens with zero attached hydrogens (tertiary/aromatic N) is 4. The monoisotopic (exact) mass is 393 g/mol. The Kier molecular flexibility index (Phi) is 5.22. The van der Waals surface area contributed by atoms with Crippen LogP contribution in [0.4, 0.5) is 0 Å². The fourth-order valence-electron chi connectivity index (χ4n) is 4.00. The summed E-state index contributed by atoms with van der Waals surface area (Å²) in [5, 5.41) is 15.8. The molecule has 1 aliphatic carbocycles. The van der Waals surface area contributed by atoms with Gasteiger partial charge in [0.2, 0.25) is 11.7 Å². The molecule has 2 aromatic heterocycles. The van der Waals surface area contributed by atoms with Crippen LogP contribution in [0.3, 0.4) is 0 Å². The van der Waals surface area contributed by atoms with Crippen molar-refractivity contribution in [3.63, 3.8) is 0 Å². The summed E-state index contributed by atoms with van der Waals surface area (Å²) < 4.78 is 5.85. The molecular formula is C22H27N5O2. The summed E-state index contributed by atoms with van der Waals surface area (Å²) in [5.74, 6) is 2.55. The zero-order chi connectivity index (χ0) is 20.4. The third-order valence-electron chi connectivity index (χ3n) is 5.32. The number of hydrogen-bond donors (Lipinski definition) is 1. The first-order valence-electron chi connectivity index (χ1n) is 10.1. The predicted octanol–water partition coefficient (Wildman–Crippen LogP) is 3.85. The fourth-order valence-corrected chi connectivity index (χ4v) is 4.00. The molecule has 7 heteroatoms. The summed E-state index contributed by atoms with van der Waals surface area (Å²) in [5.41, 5.74) is 2.16. The number of aromatic nitrogens is 4. The first-order chi connectivity index (χ1) is 13.9. The highest BCUT2D eigenvalue weighted by Crippen LogP contribution is 2.42. The molecule has 0 fully saturated rings. The molecule has 0 radical (unpaired) electrons. The molecule has 1 amide bonds. The lowest BCUT2D eigenvalue weighted by molar-refractivity contribution is -0.122. The number of fused-ring (bicyclic) bond motifs is 1. The van der Waals surface area contributed by atoms with Crippen molar-refractivity contribution in [2.75, 3.05) is 0 Å². The summed E-state index contributed by atoms with van der Waals surface area (Å²) in [6, 6.07) is 11.8. The van der Waals surface area contributed by atoms with Gasteiger partial charge in [-0.2, -0.15) is 4.80 Å². The zero-order valence-electron chi connectivity index (χ0n) is 17.2. The van der Waals surface area contributed by atoms with Crippen LogP contribution in [0.25, 0.3) is 11.4 Å². The first-order valence-corrected chi connectivity index (χ1v) is 10.1. The first kappa shape index (κ1) is 19.4. The highest BCUT2D eigenvalue weighted by atomic mass is 16.3. The lowest BCUT2D eigenvalue weighted by Crippen LogP contribution is -2.36. The minimum Gasteiger partial charge on any atom is -0.466 e. The van der Waals surface area contributed by atoms with Crippen LogP contribution in [0.1, 0.15) is 56.2 Å². The standard InChI is InChI=1S/C22H27N5O2/c1-15-12-17-18(13-22(2,3)14-19(17)29-15)23-20(28)10-7-11-27-25-21(24-26-27)16-8-5-4-6-9-16/h4-6,8-9,12,18H,7,10-11,13-14H2,1-3H3,(H,23,28). The van der Waals surface area contributed by atoms with Crippen LogP contribution in [0.15, 0.2) is 40.8 Å². The van der Waals surface area contributed by atoms with Gasteiger partial charge in [-0.1, -0.05) is 44.2 Å². The predicted molar refractivity (Wildman–Crippen MR) is 109 cm³/mol. The van der Waals surface area contributed by atoms with Crippen molar-refractivity contribution < 1.29 is 9.21 Å². The second kappa shape index (κ2) is 7.81. The molecule has 0 aliphatic heterocycles. The van der Waals surface area contributed by atoms with Gasteiger partial charge in [-0.05, 0) is 36.5 Å². The van der Waals surface area contributed by atoms with Gasteiger partial charge in [-0.3, -0.25) is 4.79 Å². The summed E-state index contributed by atoms with van der Waals surface area (Å²) in [6.45, 7) is 6.94. The third kappa shape index (κ3) is 4.55. The Morgan fingerprint density at radius 3 is 2.90 bits per heavy atom. The summed E-state index contributed by atoms with van der Waals surface area (Å²) in [6.07, 6.45) is 2.90. The molecule has 0 spiro atoms. The van der Waals surface area contributed by atoms with Gasteiger partial charge in [0, 0.05) is 24.0 Å². The lowest BCUT2D eigenvalue weighted by Gasteiger charge is -2.34. The number of rotatable bonds is 6. The van der Waals surface area contributed by atoms with E-state index in [1.54, 1.807) is 4.80 Å². The summed E-state index contributed by atoms with van der Waals surface area (Å²) in [7, 11) is 0. The molecule has 1 aliphatic rings. The maximum absolute atomic E-state index is 12.5. The Bertz CT molecular complexity index is 990. The van der Waals surface area contributed by atoms with Crippen LogP contribution in [0.2, 0.25) is 0 Å². The van der Waals surface area contributed by atoms with Crippen molar-refractivity contribution >= 4 is 5.91 Å². The van der Waals surface area contributed by atoms with Crippen molar-refractivity contribution in [2.45, 2.75) is 59.0 Å². The second-order valence-electron chi connectivity index (χ2n) is 8.58. The number of carbonyl (C=O) groups is 1. The number of carbonyl (C=O) groups excluding carboxylic acids is 1. The maximum atomic E-state index is 12.5. The molecule has 1 unspecified atom stereocenters. The molecule has 152 valence electrons.